The molecule has 0 bridgehead atoms. The van der Waals surface area contributed by atoms with Gasteiger partial charge < -0.3 is 0 Å². The predicted molar refractivity (Wildman–Crippen MR) is 51.1 cm³/mol. The van der Waals surface area contributed by atoms with Crippen molar-refractivity contribution < 1.29 is 0 Å². The van der Waals surface area contributed by atoms with Crippen molar-refractivity contribution in [2.45, 2.75) is 39.0 Å². The van der Waals surface area contributed by atoms with E-state index in [1.165, 1.54) is 0 Å². The van der Waals surface area contributed by atoms with Crippen LogP contribution in [0.2, 0.25) is 0 Å². The topological polar surface area (TPSA) is 48.8 Å². The third kappa shape index (κ3) is 4.41. The third-order valence-electron chi connectivity index (χ3n) is 1.77. The van der Waals surface area contributed by atoms with Gasteiger partial charge in [-0.25, -0.2) is 0 Å². The number of hydrogen-bond acceptors (Lipinski definition) is 4. The zero-order chi connectivity index (χ0) is 9.83. The van der Waals surface area contributed by atoms with Crippen molar-refractivity contribution >= 4 is 0 Å². The average molecular weight is 172 g/mol. The Morgan fingerprint density at radius 3 is 1.17 bits per heavy atom. The van der Waals surface area contributed by atoms with Crippen molar-refractivity contribution in [1.29, 1.82) is 0 Å². The summed E-state index contributed by atoms with van der Waals surface area (Å²) in [6, 6.07) is 0. The molecule has 0 spiro atoms. The molecular formula is C8H20N4. The van der Waals surface area contributed by atoms with Crippen LogP contribution in [0, 0.1) is 0 Å². The summed E-state index contributed by atoms with van der Waals surface area (Å²) in [5, 5.41) is 14.4. The molecule has 0 amide bonds. The second-order valence-electron chi connectivity index (χ2n) is 3.82. The Labute approximate surface area is 74.8 Å². The molecule has 0 aliphatic rings. The Bertz CT molecular complexity index is 142. The minimum Gasteiger partial charge on any atom is -0.295 e. The van der Waals surface area contributed by atoms with Crippen molar-refractivity contribution in [3.63, 3.8) is 0 Å². The van der Waals surface area contributed by atoms with E-state index < -0.39 is 0 Å². The van der Waals surface area contributed by atoms with Crippen LogP contribution in [0.4, 0.5) is 0 Å². The zero-order valence-corrected chi connectivity index (χ0v) is 8.89. The van der Waals surface area contributed by atoms with Crippen LogP contribution in [0.3, 0.4) is 0 Å². The van der Waals surface area contributed by atoms with Gasteiger partial charge in [0, 0.05) is 0 Å². The fraction of sp³-hybridized carbons (Fsp3) is 1.00. The summed E-state index contributed by atoms with van der Waals surface area (Å²) in [4.78, 5) is 0. The molecule has 2 N–H and O–H groups in total. The number of hydrogen-bond donors (Lipinski definition) is 2. The van der Waals surface area contributed by atoms with Crippen molar-refractivity contribution in [2.24, 2.45) is 10.2 Å². The van der Waals surface area contributed by atoms with E-state index in [0.29, 0.717) is 0 Å². The Kier molecular flexibility index (Phi) is 3.80. The number of azo groups is 1. The lowest BCUT2D eigenvalue weighted by molar-refractivity contribution is 0.356. The Morgan fingerprint density at radius 2 is 1.00 bits per heavy atom. The van der Waals surface area contributed by atoms with E-state index in [1.807, 2.05) is 41.8 Å². The fourth-order valence-corrected chi connectivity index (χ4v) is 0.350. The van der Waals surface area contributed by atoms with Gasteiger partial charge >= 0.3 is 0 Å². The van der Waals surface area contributed by atoms with Gasteiger partial charge in [0.25, 0.3) is 0 Å². The molecule has 0 heterocycles. The highest BCUT2D eigenvalue weighted by Crippen LogP contribution is 2.09. The summed E-state index contributed by atoms with van der Waals surface area (Å²) in [5.41, 5.74) is -0.567. The zero-order valence-electron chi connectivity index (χ0n) is 8.89. The minimum absolute atomic E-state index is 0.284. The van der Waals surface area contributed by atoms with Gasteiger partial charge in [-0.05, 0) is 41.8 Å². The molecule has 0 aliphatic carbocycles. The molecule has 0 aromatic carbocycles. The molecule has 12 heavy (non-hydrogen) atoms. The molecule has 0 unspecified atom stereocenters. The van der Waals surface area contributed by atoms with Gasteiger partial charge in [0.05, 0.1) is 0 Å². The molecule has 4 nitrogen and oxygen atoms in total. The molecule has 0 aromatic rings. The Balaban J connectivity index is 4.23. The first-order valence-corrected chi connectivity index (χ1v) is 4.15. The van der Waals surface area contributed by atoms with Crippen LogP contribution in [0.1, 0.15) is 27.7 Å². The summed E-state index contributed by atoms with van der Waals surface area (Å²) in [6.45, 7) is 7.90. The van der Waals surface area contributed by atoms with E-state index in [0.717, 1.165) is 0 Å². The highest BCUT2D eigenvalue weighted by atomic mass is 15.3. The molecule has 0 saturated carbocycles. The highest BCUT2D eigenvalue weighted by Gasteiger charge is 2.17. The van der Waals surface area contributed by atoms with Crippen LogP contribution < -0.4 is 10.6 Å². The standard InChI is InChI=1S/C8H20N4/c1-7(2,9-5)11-12-8(3,4)10-6/h9-10H,1-6H3. The molecule has 0 saturated heterocycles. The maximum absolute atomic E-state index is 4.17. The Morgan fingerprint density at radius 1 is 0.750 bits per heavy atom. The van der Waals surface area contributed by atoms with Gasteiger partial charge in [-0.3, -0.25) is 10.6 Å². The van der Waals surface area contributed by atoms with Gasteiger partial charge in [0.15, 0.2) is 0 Å². The summed E-state index contributed by atoms with van der Waals surface area (Å²) < 4.78 is 0. The fourth-order valence-electron chi connectivity index (χ4n) is 0.350. The lowest BCUT2D eigenvalue weighted by Gasteiger charge is -2.21. The van der Waals surface area contributed by atoms with Crippen LogP contribution in [0.25, 0.3) is 0 Å². The van der Waals surface area contributed by atoms with Crippen LogP contribution >= 0.6 is 0 Å². The normalized spacial score (nSPS) is 14.2. The van der Waals surface area contributed by atoms with Gasteiger partial charge in [0.1, 0.15) is 11.3 Å². The van der Waals surface area contributed by atoms with E-state index in [-0.39, 0.29) is 11.3 Å². The van der Waals surface area contributed by atoms with Crippen LogP contribution in [-0.2, 0) is 0 Å². The lowest BCUT2D eigenvalue weighted by Crippen LogP contribution is -2.37. The number of nitrogens with zero attached hydrogens (tertiary/aromatic N) is 2. The van der Waals surface area contributed by atoms with E-state index in [9.17, 15) is 0 Å². The first-order valence-electron chi connectivity index (χ1n) is 4.15. The first-order chi connectivity index (χ1) is 5.33. The molecule has 0 aliphatic heterocycles. The quantitative estimate of drug-likeness (QED) is 0.629. The molecule has 0 radical (unpaired) electrons. The van der Waals surface area contributed by atoms with Crippen LogP contribution in [-0.4, -0.2) is 25.4 Å². The summed E-state index contributed by atoms with van der Waals surface area (Å²) in [6.07, 6.45) is 0. The molecule has 0 aromatic heterocycles. The molecule has 0 atom stereocenters. The van der Waals surface area contributed by atoms with Gasteiger partial charge in [-0.2, -0.15) is 10.2 Å². The van der Waals surface area contributed by atoms with Crippen molar-refractivity contribution in [1.82, 2.24) is 10.6 Å². The average Bonchev–Trinajstić information content (AvgIpc) is 2.02. The molecule has 72 valence electrons. The van der Waals surface area contributed by atoms with E-state index in [2.05, 4.69) is 20.9 Å². The first kappa shape index (κ1) is 11.5. The van der Waals surface area contributed by atoms with Gasteiger partial charge in [0.2, 0.25) is 0 Å². The SMILES string of the molecule is CNC(C)(C)N=NC(C)(C)NC. The molecule has 0 fully saturated rings. The maximum Gasteiger partial charge on any atom is 0.125 e. The maximum atomic E-state index is 4.17. The smallest absolute Gasteiger partial charge is 0.125 e. The minimum atomic E-state index is -0.284. The monoisotopic (exact) mass is 172 g/mol. The van der Waals surface area contributed by atoms with Crippen molar-refractivity contribution in [2.75, 3.05) is 14.1 Å². The molecular weight excluding hydrogens is 152 g/mol. The second kappa shape index (κ2) is 3.96. The Hall–Kier alpha value is -0.480. The number of rotatable bonds is 4. The molecule has 0 rings (SSSR count). The summed E-state index contributed by atoms with van der Waals surface area (Å²) in [7, 11) is 3.73. The van der Waals surface area contributed by atoms with Gasteiger partial charge in [-0.1, -0.05) is 0 Å². The largest absolute Gasteiger partial charge is 0.295 e. The number of nitrogens with one attached hydrogen (secondary N) is 2. The van der Waals surface area contributed by atoms with Crippen LogP contribution in [0.5, 0.6) is 0 Å². The van der Waals surface area contributed by atoms with Gasteiger partial charge in [-0.15, -0.1) is 0 Å². The van der Waals surface area contributed by atoms with Crippen molar-refractivity contribution in [3.8, 4) is 0 Å². The lowest BCUT2D eigenvalue weighted by atomic mass is 10.2. The van der Waals surface area contributed by atoms with E-state index >= 15 is 0 Å². The summed E-state index contributed by atoms with van der Waals surface area (Å²) >= 11 is 0. The van der Waals surface area contributed by atoms with E-state index in [1.54, 1.807) is 0 Å². The molecule has 4 heteroatoms. The predicted octanol–water partition coefficient (Wildman–Crippen LogP) is 1.35. The van der Waals surface area contributed by atoms with Crippen molar-refractivity contribution in [3.05, 3.63) is 0 Å². The second-order valence-corrected chi connectivity index (χ2v) is 3.82. The third-order valence-corrected chi connectivity index (χ3v) is 1.77. The summed E-state index contributed by atoms with van der Waals surface area (Å²) in [5.74, 6) is 0. The highest BCUT2D eigenvalue weighted by molar-refractivity contribution is 4.74. The van der Waals surface area contributed by atoms with Crippen LogP contribution in [0.15, 0.2) is 10.2 Å². The van der Waals surface area contributed by atoms with E-state index in [4.69, 9.17) is 0 Å².